The van der Waals surface area contributed by atoms with Crippen LogP contribution in [0.25, 0.3) is 0 Å². The van der Waals surface area contributed by atoms with Crippen molar-refractivity contribution in [2.45, 2.75) is 12.1 Å². The van der Waals surface area contributed by atoms with E-state index < -0.39 is 6.10 Å². The minimum atomic E-state index is -0.450. The Labute approximate surface area is 181 Å². The monoisotopic (exact) mass is 450 g/mol. The van der Waals surface area contributed by atoms with E-state index in [2.05, 4.69) is 86.4 Å². The Hall–Kier alpha value is -1.98. The third-order valence-corrected chi connectivity index (χ3v) is 6.22. The van der Waals surface area contributed by atoms with Gasteiger partial charge in [0.1, 0.15) is 0 Å². The molecular weight excluding hydrogens is 424 g/mol. The molecule has 1 N–H and O–H groups in total. The molecule has 0 aliphatic carbocycles. The van der Waals surface area contributed by atoms with Crippen molar-refractivity contribution in [2.75, 3.05) is 32.7 Å². The minimum Gasteiger partial charge on any atom is -0.387 e. The van der Waals surface area contributed by atoms with E-state index in [9.17, 15) is 5.11 Å². The van der Waals surface area contributed by atoms with E-state index in [1.165, 1.54) is 11.1 Å². The molecular formula is C25H27BrN2O. The van der Waals surface area contributed by atoms with E-state index >= 15 is 0 Å². The molecule has 1 atom stereocenters. The summed E-state index contributed by atoms with van der Waals surface area (Å²) in [5.41, 5.74) is 3.64. The van der Waals surface area contributed by atoms with Gasteiger partial charge in [0, 0.05) is 37.2 Å². The van der Waals surface area contributed by atoms with Crippen LogP contribution in [0.15, 0.2) is 89.4 Å². The van der Waals surface area contributed by atoms with Gasteiger partial charge in [-0.15, -0.1) is 0 Å². The number of rotatable bonds is 6. The van der Waals surface area contributed by atoms with E-state index in [4.69, 9.17) is 0 Å². The molecule has 0 unspecified atom stereocenters. The van der Waals surface area contributed by atoms with Crippen molar-refractivity contribution in [2.24, 2.45) is 0 Å². The number of aliphatic hydroxyl groups is 1. The van der Waals surface area contributed by atoms with E-state index in [1.807, 2.05) is 24.3 Å². The van der Waals surface area contributed by atoms with Crippen molar-refractivity contribution in [1.82, 2.24) is 9.80 Å². The Bertz CT molecular complexity index is 838. The van der Waals surface area contributed by atoms with Crippen molar-refractivity contribution >= 4 is 15.9 Å². The van der Waals surface area contributed by atoms with E-state index in [1.54, 1.807) is 0 Å². The summed E-state index contributed by atoms with van der Waals surface area (Å²) in [6, 6.07) is 29.8. The maximum Gasteiger partial charge on any atom is 0.0916 e. The molecule has 0 spiro atoms. The summed E-state index contributed by atoms with van der Waals surface area (Å²) >= 11 is 3.45. The first-order valence-corrected chi connectivity index (χ1v) is 11.0. The van der Waals surface area contributed by atoms with Gasteiger partial charge in [0.15, 0.2) is 0 Å². The second-order valence-electron chi connectivity index (χ2n) is 7.63. The number of hydrogen-bond donors (Lipinski definition) is 1. The summed E-state index contributed by atoms with van der Waals surface area (Å²) in [5, 5.41) is 10.6. The molecule has 1 saturated heterocycles. The van der Waals surface area contributed by atoms with Crippen LogP contribution in [0.1, 0.15) is 28.8 Å². The lowest BCUT2D eigenvalue weighted by molar-refractivity contribution is 0.0623. The first-order chi connectivity index (χ1) is 14.2. The molecule has 29 heavy (non-hydrogen) atoms. The SMILES string of the molecule is O[C@H](CN1CCN(C(c2ccccc2)c2ccccc2)CC1)c1ccc(Br)cc1. The standard InChI is InChI=1S/C25H27BrN2O/c26-23-13-11-20(12-14-23)24(29)19-27-15-17-28(18-16-27)25(21-7-3-1-4-8-21)22-9-5-2-6-10-22/h1-14,24-25,29H,15-19H2/t24-/m1/s1. The van der Waals surface area contributed by atoms with E-state index in [0.717, 1.165) is 36.2 Å². The van der Waals surface area contributed by atoms with Gasteiger partial charge < -0.3 is 5.11 Å². The number of hydrogen-bond acceptors (Lipinski definition) is 3. The van der Waals surface area contributed by atoms with Crippen molar-refractivity contribution in [3.63, 3.8) is 0 Å². The average Bonchev–Trinajstić information content (AvgIpc) is 2.77. The van der Waals surface area contributed by atoms with Gasteiger partial charge in [-0.25, -0.2) is 0 Å². The highest BCUT2D eigenvalue weighted by Gasteiger charge is 2.27. The molecule has 3 nitrogen and oxygen atoms in total. The summed E-state index contributed by atoms with van der Waals surface area (Å²) in [7, 11) is 0. The van der Waals surface area contributed by atoms with Crippen LogP contribution in [0, 0.1) is 0 Å². The summed E-state index contributed by atoms with van der Waals surface area (Å²) < 4.78 is 1.04. The van der Waals surface area contributed by atoms with Gasteiger partial charge in [-0.1, -0.05) is 88.7 Å². The Morgan fingerprint density at radius 1 is 0.690 bits per heavy atom. The summed E-state index contributed by atoms with van der Waals surface area (Å²) in [5.74, 6) is 0. The fourth-order valence-electron chi connectivity index (χ4n) is 4.12. The molecule has 150 valence electrons. The van der Waals surface area contributed by atoms with Crippen molar-refractivity contribution in [3.05, 3.63) is 106 Å². The van der Waals surface area contributed by atoms with Crippen LogP contribution in [0.4, 0.5) is 0 Å². The lowest BCUT2D eigenvalue weighted by Crippen LogP contribution is -2.48. The summed E-state index contributed by atoms with van der Waals surface area (Å²) in [6.45, 7) is 4.58. The number of benzene rings is 3. The van der Waals surface area contributed by atoms with Gasteiger partial charge in [0.05, 0.1) is 12.1 Å². The predicted octanol–water partition coefficient (Wildman–Crippen LogP) is 4.89. The maximum atomic E-state index is 10.6. The van der Waals surface area contributed by atoms with Crippen LogP contribution in [0.5, 0.6) is 0 Å². The minimum absolute atomic E-state index is 0.274. The molecule has 1 aliphatic rings. The van der Waals surface area contributed by atoms with Gasteiger partial charge in [0.25, 0.3) is 0 Å². The third kappa shape index (κ3) is 5.14. The molecule has 1 aliphatic heterocycles. The second kappa shape index (κ2) is 9.68. The molecule has 4 heteroatoms. The first-order valence-electron chi connectivity index (χ1n) is 10.2. The fourth-order valence-corrected chi connectivity index (χ4v) is 4.39. The highest BCUT2D eigenvalue weighted by Crippen LogP contribution is 2.29. The second-order valence-corrected chi connectivity index (χ2v) is 8.54. The molecule has 4 rings (SSSR count). The highest BCUT2D eigenvalue weighted by molar-refractivity contribution is 9.10. The first kappa shape index (κ1) is 20.3. The molecule has 3 aromatic rings. The van der Waals surface area contributed by atoms with Crippen molar-refractivity contribution in [3.8, 4) is 0 Å². The predicted molar refractivity (Wildman–Crippen MR) is 122 cm³/mol. The lowest BCUT2D eigenvalue weighted by Gasteiger charge is -2.40. The van der Waals surface area contributed by atoms with Gasteiger partial charge in [-0.3, -0.25) is 9.80 Å². The molecule has 1 heterocycles. The summed E-state index contributed by atoms with van der Waals surface area (Å²) in [4.78, 5) is 4.93. The van der Waals surface area contributed by atoms with Gasteiger partial charge in [0.2, 0.25) is 0 Å². The molecule has 1 fully saturated rings. The van der Waals surface area contributed by atoms with Gasteiger partial charge >= 0.3 is 0 Å². The van der Waals surface area contributed by atoms with E-state index in [-0.39, 0.29) is 6.04 Å². The van der Waals surface area contributed by atoms with Crippen molar-refractivity contribution < 1.29 is 5.11 Å². The number of aliphatic hydroxyl groups excluding tert-OH is 1. The zero-order chi connectivity index (χ0) is 20.1. The molecule has 0 radical (unpaired) electrons. The number of halogens is 1. The van der Waals surface area contributed by atoms with Crippen LogP contribution < -0.4 is 0 Å². The van der Waals surface area contributed by atoms with Crippen LogP contribution in [-0.2, 0) is 0 Å². The van der Waals surface area contributed by atoms with Crippen LogP contribution in [0.3, 0.4) is 0 Å². The molecule has 0 bridgehead atoms. The fraction of sp³-hybridized carbons (Fsp3) is 0.280. The van der Waals surface area contributed by atoms with Crippen LogP contribution in [-0.4, -0.2) is 47.6 Å². The maximum absolute atomic E-state index is 10.6. The number of piperazine rings is 1. The molecule has 0 amide bonds. The Kier molecular flexibility index (Phi) is 6.78. The lowest BCUT2D eigenvalue weighted by atomic mass is 9.96. The smallest absolute Gasteiger partial charge is 0.0916 e. The van der Waals surface area contributed by atoms with Crippen LogP contribution in [0.2, 0.25) is 0 Å². The van der Waals surface area contributed by atoms with Gasteiger partial charge in [-0.05, 0) is 28.8 Å². The topological polar surface area (TPSA) is 26.7 Å². The largest absolute Gasteiger partial charge is 0.387 e. The van der Waals surface area contributed by atoms with Crippen molar-refractivity contribution in [1.29, 1.82) is 0 Å². The van der Waals surface area contributed by atoms with Crippen LogP contribution >= 0.6 is 15.9 Å². The quantitative estimate of drug-likeness (QED) is 0.578. The molecule has 0 saturated carbocycles. The normalized spacial score (nSPS) is 16.8. The van der Waals surface area contributed by atoms with Gasteiger partial charge in [-0.2, -0.15) is 0 Å². The highest BCUT2D eigenvalue weighted by atomic mass is 79.9. The zero-order valence-corrected chi connectivity index (χ0v) is 18.1. The Balaban J connectivity index is 1.42. The average molecular weight is 451 g/mol. The Morgan fingerprint density at radius 2 is 1.21 bits per heavy atom. The zero-order valence-electron chi connectivity index (χ0n) is 16.5. The summed E-state index contributed by atoms with van der Waals surface area (Å²) in [6.07, 6.45) is -0.450. The molecule has 3 aromatic carbocycles. The third-order valence-electron chi connectivity index (χ3n) is 5.69. The van der Waals surface area contributed by atoms with E-state index in [0.29, 0.717) is 6.54 Å². The Morgan fingerprint density at radius 3 is 1.72 bits per heavy atom. The molecule has 0 aromatic heterocycles. The number of nitrogens with zero attached hydrogens (tertiary/aromatic N) is 2. The number of β-amino-alcohol motifs (C(OH)–C–C–N with tert-alkyl or cyclic N) is 1.